The van der Waals surface area contributed by atoms with Crippen LogP contribution in [-0.2, 0) is 0 Å². The predicted octanol–water partition coefficient (Wildman–Crippen LogP) is 3.38. The molecule has 16 heavy (non-hydrogen) atoms. The number of nitrogens with two attached hydrogens (primary N) is 1. The molecular formula is C12H19BrN2S. The van der Waals surface area contributed by atoms with Gasteiger partial charge in [-0.25, -0.2) is 0 Å². The first-order chi connectivity index (χ1) is 7.72. The monoisotopic (exact) mass is 302 g/mol. The molecule has 0 saturated heterocycles. The second-order valence-electron chi connectivity index (χ2n) is 4.52. The highest BCUT2D eigenvalue weighted by molar-refractivity contribution is 9.10. The van der Waals surface area contributed by atoms with Gasteiger partial charge in [0, 0.05) is 27.3 Å². The van der Waals surface area contributed by atoms with E-state index < -0.39 is 0 Å². The molecule has 2 N–H and O–H groups in total. The van der Waals surface area contributed by atoms with E-state index in [1.807, 2.05) is 0 Å². The molecule has 1 unspecified atom stereocenters. The average Bonchev–Trinajstić information content (AvgIpc) is 2.90. The maximum absolute atomic E-state index is 5.93. The van der Waals surface area contributed by atoms with E-state index >= 15 is 0 Å². The van der Waals surface area contributed by atoms with Crippen LogP contribution in [-0.4, -0.2) is 24.5 Å². The molecule has 0 spiro atoms. The summed E-state index contributed by atoms with van der Waals surface area (Å²) >= 11 is 5.31. The van der Waals surface area contributed by atoms with Crippen LogP contribution in [0.15, 0.2) is 15.9 Å². The normalized spacial score (nSPS) is 19.5. The average molecular weight is 303 g/mol. The van der Waals surface area contributed by atoms with Gasteiger partial charge in [-0.05, 0) is 41.9 Å². The minimum absolute atomic E-state index is 0.388. The fourth-order valence-electron chi connectivity index (χ4n) is 2.55. The van der Waals surface area contributed by atoms with Gasteiger partial charge in [-0.2, -0.15) is 0 Å². The maximum atomic E-state index is 5.93. The van der Waals surface area contributed by atoms with Crippen LogP contribution in [0.4, 0.5) is 0 Å². The molecule has 0 aliphatic heterocycles. The van der Waals surface area contributed by atoms with Gasteiger partial charge in [-0.1, -0.05) is 12.8 Å². The van der Waals surface area contributed by atoms with Crippen LogP contribution in [0.3, 0.4) is 0 Å². The quantitative estimate of drug-likeness (QED) is 0.924. The molecule has 1 aromatic heterocycles. The van der Waals surface area contributed by atoms with Gasteiger partial charge < -0.3 is 5.73 Å². The molecule has 0 bridgehead atoms. The molecule has 1 aliphatic carbocycles. The number of hydrogen-bond donors (Lipinski definition) is 1. The van der Waals surface area contributed by atoms with Crippen LogP contribution in [0, 0.1) is 0 Å². The van der Waals surface area contributed by atoms with Crippen molar-refractivity contribution in [1.82, 2.24) is 4.90 Å². The lowest BCUT2D eigenvalue weighted by Crippen LogP contribution is -2.36. The minimum atomic E-state index is 0.388. The molecule has 1 atom stereocenters. The van der Waals surface area contributed by atoms with Gasteiger partial charge in [-0.15, -0.1) is 11.3 Å². The van der Waals surface area contributed by atoms with Gasteiger partial charge in [-0.3, -0.25) is 4.90 Å². The molecule has 0 amide bonds. The van der Waals surface area contributed by atoms with Gasteiger partial charge in [0.15, 0.2) is 0 Å². The summed E-state index contributed by atoms with van der Waals surface area (Å²) in [7, 11) is 2.22. The van der Waals surface area contributed by atoms with Crippen LogP contribution >= 0.6 is 27.3 Å². The zero-order valence-corrected chi connectivity index (χ0v) is 12.1. The van der Waals surface area contributed by atoms with Gasteiger partial charge >= 0.3 is 0 Å². The fraction of sp³-hybridized carbons (Fsp3) is 0.667. The van der Waals surface area contributed by atoms with Crippen molar-refractivity contribution in [2.45, 2.75) is 37.8 Å². The summed E-state index contributed by atoms with van der Waals surface area (Å²) in [6.45, 7) is 0.708. The summed E-state index contributed by atoms with van der Waals surface area (Å²) in [4.78, 5) is 3.86. The zero-order valence-electron chi connectivity index (χ0n) is 9.66. The molecule has 1 aliphatic rings. The molecule has 1 fully saturated rings. The van der Waals surface area contributed by atoms with Crippen molar-refractivity contribution in [2.24, 2.45) is 5.73 Å². The van der Waals surface area contributed by atoms with Crippen LogP contribution in [0.1, 0.15) is 36.6 Å². The summed E-state index contributed by atoms with van der Waals surface area (Å²) in [6, 6.07) is 3.32. The van der Waals surface area contributed by atoms with Gasteiger partial charge in [0.05, 0.1) is 6.04 Å². The van der Waals surface area contributed by atoms with Crippen molar-refractivity contribution in [1.29, 1.82) is 0 Å². The third kappa shape index (κ3) is 2.67. The summed E-state index contributed by atoms with van der Waals surface area (Å²) < 4.78 is 1.17. The predicted molar refractivity (Wildman–Crippen MR) is 73.8 cm³/mol. The van der Waals surface area contributed by atoms with Crippen molar-refractivity contribution in [2.75, 3.05) is 13.6 Å². The standard InChI is InChI=1S/C12H19BrN2S/c1-15(10-4-2-3-5-10)11(7-14)12-6-9(13)8-16-12/h6,8,10-11H,2-5,7,14H2,1H3. The van der Waals surface area contributed by atoms with Crippen molar-refractivity contribution < 1.29 is 0 Å². The lowest BCUT2D eigenvalue weighted by atomic mass is 10.1. The fourth-order valence-corrected chi connectivity index (χ4v) is 4.16. The third-order valence-electron chi connectivity index (χ3n) is 3.53. The number of rotatable bonds is 4. The molecule has 4 heteroatoms. The molecular weight excluding hydrogens is 284 g/mol. The van der Waals surface area contributed by atoms with Crippen molar-refractivity contribution >= 4 is 27.3 Å². The lowest BCUT2D eigenvalue weighted by molar-refractivity contribution is 0.182. The van der Waals surface area contributed by atoms with E-state index in [2.05, 4.69) is 39.3 Å². The SMILES string of the molecule is CN(C1CCCC1)C(CN)c1cc(Br)cs1. The smallest absolute Gasteiger partial charge is 0.0564 e. The molecule has 2 nitrogen and oxygen atoms in total. The summed E-state index contributed by atoms with van der Waals surface area (Å²) in [5.74, 6) is 0. The van der Waals surface area contributed by atoms with Crippen LogP contribution < -0.4 is 5.73 Å². The highest BCUT2D eigenvalue weighted by Crippen LogP contribution is 2.33. The van der Waals surface area contributed by atoms with E-state index in [-0.39, 0.29) is 0 Å². The molecule has 1 aromatic rings. The topological polar surface area (TPSA) is 29.3 Å². The van der Waals surface area contributed by atoms with Crippen LogP contribution in [0.25, 0.3) is 0 Å². The summed E-state index contributed by atoms with van der Waals surface area (Å²) in [5, 5.41) is 2.14. The minimum Gasteiger partial charge on any atom is -0.329 e. The van der Waals surface area contributed by atoms with Gasteiger partial charge in [0.2, 0.25) is 0 Å². The Labute approximate surface area is 110 Å². The number of likely N-dealkylation sites (N-methyl/N-ethyl adjacent to an activating group) is 1. The molecule has 1 heterocycles. The summed E-state index contributed by atoms with van der Waals surface area (Å²) in [5.41, 5.74) is 5.93. The largest absolute Gasteiger partial charge is 0.329 e. The van der Waals surface area contributed by atoms with Crippen LogP contribution in [0.5, 0.6) is 0 Å². The highest BCUT2D eigenvalue weighted by atomic mass is 79.9. The maximum Gasteiger partial charge on any atom is 0.0564 e. The highest BCUT2D eigenvalue weighted by Gasteiger charge is 2.26. The Kier molecular flexibility index (Phi) is 4.41. The van der Waals surface area contributed by atoms with Gasteiger partial charge in [0.25, 0.3) is 0 Å². The molecule has 1 saturated carbocycles. The lowest BCUT2D eigenvalue weighted by Gasteiger charge is -2.31. The van der Waals surface area contributed by atoms with E-state index in [0.717, 1.165) is 6.04 Å². The van der Waals surface area contributed by atoms with E-state index in [4.69, 9.17) is 5.73 Å². The Balaban J connectivity index is 2.09. The second-order valence-corrected chi connectivity index (χ2v) is 6.38. The first-order valence-electron chi connectivity index (χ1n) is 5.88. The molecule has 0 radical (unpaired) electrons. The van der Waals surface area contributed by atoms with E-state index in [1.54, 1.807) is 11.3 Å². The number of halogens is 1. The van der Waals surface area contributed by atoms with Crippen molar-refractivity contribution in [3.63, 3.8) is 0 Å². The molecule has 0 aromatic carbocycles. The molecule has 90 valence electrons. The Bertz CT molecular complexity index is 334. The van der Waals surface area contributed by atoms with Crippen LogP contribution in [0.2, 0.25) is 0 Å². The number of thiophene rings is 1. The zero-order chi connectivity index (χ0) is 11.5. The van der Waals surface area contributed by atoms with E-state index in [0.29, 0.717) is 12.6 Å². The van der Waals surface area contributed by atoms with Gasteiger partial charge in [0.1, 0.15) is 0 Å². The summed E-state index contributed by atoms with van der Waals surface area (Å²) in [6.07, 6.45) is 5.42. The Morgan fingerprint density at radius 3 is 2.75 bits per heavy atom. The third-order valence-corrected chi connectivity index (χ3v) is 5.33. The Morgan fingerprint density at radius 2 is 2.25 bits per heavy atom. The first-order valence-corrected chi connectivity index (χ1v) is 7.55. The van der Waals surface area contributed by atoms with Crippen molar-refractivity contribution in [3.05, 3.63) is 20.8 Å². The van der Waals surface area contributed by atoms with E-state index in [9.17, 15) is 0 Å². The first kappa shape index (κ1) is 12.6. The number of nitrogens with zero attached hydrogens (tertiary/aromatic N) is 1. The van der Waals surface area contributed by atoms with E-state index in [1.165, 1.54) is 35.0 Å². The Hall–Kier alpha value is 0.1000. The second kappa shape index (κ2) is 5.63. The number of hydrogen-bond acceptors (Lipinski definition) is 3. The molecule has 2 rings (SSSR count). The Morgan fingerprint density at radius 1 is 1.56 bits per heavy atom. The van der Waals surface area contributed by atoms with Crippen molar-refractivity contribution in [3.8, 4) is 0 Å².